The van der Waals surface area contributed by atoms with Crippen molar-refractivity contribution in [3.05, 3.63) is 77.9 Å². The molecule has 0 radical (unpaired) electrons. The Bertz CT molecular complexity index is 905. The molecule has 0 aliphatic heterocycles. The fourth-order valence-corrected chi connectivity index (χ4v) is 3.60. The van der Waals surface area contributed by atoms with Crippen molar-refractivity contribution in [1.29, 1.82) is 5.26 Å². The van der Waals surface area contributed by atoms with Gasteiger partial charge in [-0.05, 0) is 29.8 Å². The summed E-state index contributed by atoms with van der Waals surface area (Å²) in [4.78, 5) is -0.609. The molecule has 0 spiro atoms. The molecule has 0 N–H and O–H groups in total. The van der Waals surface area contributed by atoms with Crippen LogP contribution in [0.5, 0.6) is 0 Å². The number of nitrogens with zero attached hydrogens (tertiary/aromatic N) is 2. The maximum atomic E-state index is 13.9. The van der Waals surface area contributed by atoms with Crippen LogP contribution >= 0.6 is 0 Å². The Hall–Kier alpha value is -2.56. The molecule has 0 atom stereocenters. The molecule has 0 aliphatic rings. The van der Waals surface area contributed by atoms with E-state index in [2.05, 4.69) is 6.58 Å². The molecule has 4 nitrogen and oxygen atoms in total. The number of hydrogen-bond acceptors (Lipinski definition) is 3. The monoisotopic (exact) mass is 348 g/mol. The predicted molar refractivity (Wildman–Crippen MR) is 85.3 cm³/mol. The molecule has 24 heavy (non-hydrogen) atoms. The number of hydrogen-bond donors (Lipinski definition) is 0. The van der Waals surface area contributed by atoms with Gasteiger partial charge in [0.05, 0.1) is 11.6 Å². The lowest BCUT2D eigenvalue weighted by molar-refractivity contribution is 0.432. The van der Waals surface area contributed by atoms with Gasteiger partial charge in [-0.2, -0.15) is 9.57 Å². The van der Waals surface area contributed by atoms with E-state index in [4.69, 9.17) is 5.26 Å². The number of rotatable bonds is 6. The van der Waals surface area contributed by atoms with E-state index in [0.29, 0.717) is 17.2 Å². The Morgan fingerprint density at radius 1 is 1.21 bits per heavy atom. The van der Waals surface area contributed by atoms with Gasteiger partial charge in [0.15, 0.2) is 0 Å². The van der Waals surface area contributed by atoms with Crippen LogP contribution in [-0.2, 0) is 16.6 Å². The minimum atomic E-state index is -4.19. The molecule has 0 aliphatic carbocycles. The van der Waals surface area contributed by atoms with Crippen molar-refractivity contribution in [2.45, 2.75) is 11.4 Å². The molecular formula is C17H14F2N2O2S. The van der Waals surface area contributed by atoms with E-state index >= 15 is 0 Å². The lowest BCUT2D eigenvalue weighted by Crippen LogP contribution is -2.31. The fraction of sp³-hybridized carbons (Fsp3) is 0.118. The van der Waals surface area contributed by atoms with Gasteiger partial charge in [-0.25, -0.2) is 17.2 Å². The molecular weight excluding hydrogens is 334 g/mol. The normalized spacial score (nSPS) is 11.2. The molecule has 0 unspecified atom stereocenters. The lowest BCUT2D eigenvalue weighted by atomic mass is 10.1. The largest absolute Gasteiger partial charge is 0.246 e. The third-order valence-electron chi connectivity index (χ3n) is 3.26. The van der Waals surface area contributed by atoms with Crippen LogP contribution < -0.4 is 0 Å². The van der Waals surface area contributed by atoms with Crippen molar-refractivity contribution >= 4 is 10.0 Å². The minimum Gasteiger partial charge on any atom is -0.207 e. The summed E-state index contributed by atoms with van der Waals surface area (Å²) in [7, 11) is -4.19. The highest BCUT2D eigenvalue weighted by Gasteiger charge is 2.27. The van der Waals surface area contributed by atoms with Crippen molar-refractivity contribution in [2.75, 3.05) is 6.54 Å². The molecule has 0 saturated heterocycles. The second kappa shape index (κ2) is 7.34. The molecule has 2 rings (SSSR count). The number of nitriles is 1. The van der Waals surface area contributed by atoms with Crippen molar-refractivity contribution in [3.8, 4) is 6.07 Å². The molecule has 0 saturated carbocycles. The average Bonchev–Trinajstić information content (AvgIpc) is 2.54. The highest BCUT2D eigenvalue weighted by Crippen LogP contribution is 2.22. The van der Waals surface area contributed by atoms with E-state index in [1.807, 2.05) is 6.07 Å². The SMILES string of the molecule is C=CCN(Cc1cccc(C#N)c1)S(=O)(=O)c1ccc(F)cc1F. The van der Waals surface area contributed by atoms with Crippen LogP contribution in [0.3, 0.4) is 0 Å². The summed E-state index contributed by atoms with van der Waals surface area (Å²) >= 11 is 0. The third kappa shape index (κ3) is 3.85. The topological polar surface area (TPSA) is 61.2 Å². The summed E-state index contributed by atoms with van der Waals surface area (Å²) in [5.74, 6) is -2.02. The number of benzene rings is 2. The minimum absolute atomic E-state index is 0.0596. The zero-order valence-corrected chi connectivity index (χ0v) is 13.4. The van der Waals surface area contributed by atoms with E-state index in [0.717, 1.165) is 16.4 Å². The first-order valence-corrected chi connectivity index (χ1v) is 8.37. The van der Waals surface area contributed by atoms with E-state index < -0.39 is 26.6 Å². The smallest absolute Gasteiger partial charge is 0.207 e. The molecule has 124 valence electrons. The van der Waals surface area contributed by atoms with Gasteiger partial charge >= 0.3 is 0 Å². The maximum absolute atomic E-state index is 13.9. The number of sulfonamides is 1. The zero-order valence-electron chi connectivity index (χ0n) is 12.6. The van der Waals surface area contributed by atoms with Crippen molar-refractivity contribution in [3.63, 3.8) is 0 Å². The summed E-state index contributed by atoms with van der Waals surface area (Å²) < 4.78 is 53.2. The van der Waals surface area contributed by atoms with E-state index in [9.17, 15) is 17.2 Å². The molecule has 0 aromatic heterocycles. The first kappa shape index (κ1) is 17.8. The average molecular weight is 348 g/mol. The van der Waals surface area contributed by atoms with Crippen molar-refractivity contribution in [2.24, 2.45) is 0 Å². The molecule has 0 bridgehead atoms. The summed E-state index contributed by atoms with van der Waals surface area (Å²) in [5.41, 5.74) is 0.957. The van der Waals surface area contributed by atoms with E-state index in [-0.39, 0.29) is 13.1 Å². The van der Waals surface area contributed by atoms with Crippen LogP contribution in [0, 0.1) is 23.0 Å². The van der Waals surface area contributed by atoms with Gasteiger partial charge < -0.3 is 0 Å². The Morgan fingerprint density at radius 3 is 2.58 bits per heavy atom. The van der Waals surface area contributed by atoms with Gasteiger partial charge in [0.2, 0.25) is 10.0 Å². The first-order valence-electron chi connectivity index (χ1n) is 6.93. The quantitative estimate of drug-likeness (QED) is 0.753. The highest BCUT2D eigenvalue weighted by atomic mass is 32.2. The van der Waals surface area contributed by atoms with Crippen LogP contribution in [-0.4, -0.2) is 19.3 Å². The summed E-state index contributed by atoms with van der Waals surface area (Å²) in [5, 5.41) is 8.92. The first-order chi connectivity index (χ1) is 11.4. The Morgan fingerprint density at radius 2 is 1.96 bits per heavy atom. The molecule has 2 aromatic carbocycles. The van der Waals surface area contributed by atoms with Crippen LogP contribution in [0.2, 0.25) is 0 Å². The molecule has 2 aromatic rings. The van der Waals surface area contributed by atoms with Crippen molar-refractivity contribution in [1.82, 2.24) is 4.31 Å². The second-order valence-electron chi connectivity index (χ2n) is 4.97. The van der Waals surface area contributed by atoms with Crippen LogP contribution in [0.25, 0.3) is 0 Å². The predicted octanol–water partition coefficient (Wildman–Crippen LogP) is 3.21. The molecule has 0 amide bonds. The van der Waals surface area contributed by atoms with Crippen LogP contribution in [0.4, 0.5) is 8.78 Å². The Balaban J connectivity index is 2.41. The highest BCUT2D eigenvalue weighted by molar-refractivity contribution is 7.89. The second-order valence-corrected chi connectivity index (χ2v) is 6.88. The number of halogens is 2. The Kier molecular flexibility index (Phi) is 5.44. The fourth-order valence-electron chi connectivity index (χ4n) is 2.16. The molecule has 0 heterocycles. The Labute approximate surface area is 139 Å². The summed E-state index contributed by atoms with van der Waals surface area (Å²) in [6.07, 6.45) is 1.37. The van der Waals surface area contributed by atoms with E-state index in [1.165, 1.54) is 6.08 Å². The molecule has 0 fully saturated rings. The summed E-state index contributed by atoms with van der Waals surface area (Å²) in [6.45, 7) is 3.38. The van der Waals surface area contributed by atoms with Crippen molar-refractivity contribution < 1.29 is 17.2 Å². The van der Waals surface area contributed by atoms with E-state index in [1.54, 1.807) is 24.3 Å². The van der Waals surface area contributed by atoms with Gasteiger partial charge in [-0.1, -0.05) is 18.2 Å². The van der Waals surface area contributed by atoms with Crippen LogP contribution in [0.1, 0.15) is 11.1 Å². The standard InChI is InChI=1S/C17H14F2N2O2S/c1-2-8-21(12-14-5-3-4-13(9-14)11-20)24(22,23)17-7-6-15(18)10-16(17)19/h2-7,9-10H,1,8,12H2. The zero-order chi connectivity index (χ0) is 17.7. The summed E-state index contributed by atoms with van der Waals surface area (Å²) in [6, 6.07) is 10.7. The third-order valence-corrected chi connectivity index (χ3v) is 5.10. The van der Waals surface area contributed by atoms with Gasteiger partial charge in [0.25, 0.3) is 0 Å². The van der Waals surface area contributed by atoms with Crippen LogP contribution in [0.15, 0.2) is 60.0 Å². The van der Waals surface area contributed by atoms with Gasteiger partial charge in [-0.15, -0.1) is 6.58 Å². The lowest BCUT2D eigenvalue weighted by Gasteiger charge is -2.21. The van der Waals surface area contributed by atoms with Gasteiger partial charge in [-0.3, -0.25) is 0 Å². The van der Waals surface area contributed by atoms with Gasteiger partial charge in [0, 0.05) is 19.2 Å². The van der Waals surface area contributed by atoms with Gasteiger partial charge in [0.1, 0.15) is 16.5 Å². The maximum Gasteiger partial charge on any atom is 0.246 e. The molecule has 7 heteroatoms.